The average Bonchev–Trinajstić information content (AvgIpc) is 2.42. The van der Waals surface area contributed by atoms with Crippen molar-refractivity contribution in [3.05, 3.63) is 52.5 Å². The molecule has 1 N–H and O–H groups in total. The number of benzene rings is 1. The van der Waals surface area contributed by atoms with Gasteiger partial charge in [-0.1, -0.05) is 0 Å². The second-order valence-electron chi connectivity index (χ2n) is 3.66. The van der Waals surface area contributed by atoms with Crippen LogP contribution in [0.1, 0.15) is 10.5 Å². The lowest BCUT2D eigenvalue weighted by molar-refractivity contribution is 0.102. The summed E-state index contributed by atoms with van der Waals surface area (Å²) in [5.41, 5.74) is 0.250. The van der Waals surface area contributed by atoms with E-state index in [9.17, 15) is 9.18 Å². The van der Waals surface area contributed by atoms with Crippen LogP contribution in [0.4, 0.5) is 10.1 Å². The number of aromatic nitrogens is 1. The van der Waals surface area contributed by atoms with Crippen molar-refractivity contribution in [1.82, 2.24) is 4.98 Å². The number of hydrogen-bond acceptors (Lipinski definition) is 3. The molecule has 0 aliphatic carbocycles. The second-order valence-corrected chi connectivity index (χ2v) is 4.58. The summed E-state index contributed by atoms with van der Waals surface area (Å²) in [5, 5.41) is 2.45. The van der Waals surface area contributed by atoms with Gasteiger partial charge < -0.3 is 10.1 Å². The zero-order valence-corrected chi connectivity index (χ0v) is 11.6. The number of nitrogens with one attached hydrogen (secondary N) is 1. The normalized spacial score (nSPS) is 10.1. The van der Waals surface area contributed by atoms with Crippen LogP contribution in [0.25, 0.3) is 0 Å². The topological polar surface area (TPSA) is 51.2 Å². The Bertz CT molecular complexity index is 602. The molecule has 0 saturated heterocycles. The maximum atomic E-state index is 13.5. The van der Waals surface area contributed by atoms with Gasteiger partial charge in [-0.15, -0.1) is 0 Å². The van der Waals surface area contributed by atoms with Crippen molar-refractivity contribution in [2.45, 2.75) is 0 Å². The van der Waals surface area contributed by atoms with Crippen molar-refractivity contribution in [2.24, 2.45) is 0 Å². The molecular formula is C13H10BrFN2O2. The quantitative estimate of drug-likeness (QED) is 0.942. The molecule has 6 heteroatoms. The summed E-state index contributed by atoms with van der Waals surface area (Å²) in [5.74, 6) is -0.564. The lowest BCUT2D eigenvalue weighted by Crippen LogP contribution is -2.14. The highest BCUT2D eigenvalue weighted by Gasteiger charge is 2.11. The molecule has 98 valence electrons. The number of rotatable bonds is 3. The number of carbonyl (C=O) groups excluding carboxylic acids is 1. The van der Waals surface area contributed by atoms with Crippen molar-refractivity contribution in [1.29, 1.82) is 0 Å². The van der Waals surface area contributed by atoms with Gasteiger partial charge in [0.25, 0.3) is 5.91 Å². The molecule has 0 fully saturated rings. The zero-order chi connectivity index (χ0) is 13.8. The first-order valence-electron chi connectivity index (χ1n) is 5.36. The molecule has 0 radical (unpaired) electrons. The van der Waals surface area contributed by atoms with Crippen LogP contribution in [0.5, 0.6) is 5.75 Å². The molecule has 4 nitrogen and oxygen atoms in total. The van der Waals surface area contributed by atoms with Crippen LogP contribution in [0.15, 0.2) is 41.0 Å². The summed E-state index contributed by atoms with van der Waals surface area (Å²) in [4.78, 5) is 15.8. The van der Waals surface area contributed by atoms with Gasteiger partial charge in [0.05, 0.1) is 12.8 Å². The number of carbonyl (C=O) groups is 1. The molecule has 0 aliphatic rings. The monoisotopic (exact) mass is 324 g/mol. The first-order chi connectivity index (χ1) is 9.10. The molecule has 0 unspecified atom stereocenters. The molecule has 0 saturated carbocycles. The predicted octanol–water partition coefficient (Wildman–Crippen LogP) is 3.24. The zero-order valence-electron chi connectivity index (χ0n) is 9.98. The Morgan fingerprint density at radius 1 is 1.37 bits per heavy atom. The first-order valence-corrected chi connectivity index (χ1v) is 6.16. The minimum absolute atomic E-state index is 0.0501. The largest absolute Gasteiger partial charge is 0.497 e. The fourth-order valence-corrected chi connectivity index (χ4v) is 1.66. The summed E-state index contributed by atoms with van der Waals surface area (Å²) < 4.78 is 19.3. The molecule has 2 rings (SSSR count). The van der Waals surface area contributed by atoms with Crippen LogP contribution in [-0.4, -0.2) is 18.0 Å². The number of amides is 1. The van der Waals surface area contributed by atoms with Gasteiger partial charge >= 0.3 is 0 Å². The summed E-state index contributed by atoms with van der Waals surface area (Å²) in [7, 11) is 1.47. The predicted molar refractivity (Wildman–Crippen MR) is 72.8 cm³/mol. The van der Waals surface area contributed by atoms with E-state index in [4.69, 9.17) is 4.74 Å². The number of ether oxygens (including phenoxy) is 1. The van der Waals surface area contributed by atoms with Crippen molar-refractivity contribution in [3.8, 4) is 5.75 Å². The Morgan fingerprint density at radius 3 is 2.79 bits per heavy atom. The fraction of sp³-hybridized carbons (Fsp3) is 0.0769. The van der Waals surface area contributed by atoms with Gasteiger partial charge in [-0.2, -0.15) is 0 Å². The Balaban J connectivity index is 2.21. The second kappa shape index (κ2) is 5.79. The summed E-state index contributed by atoms with van der Waals surface area (Å²) in [6.07, 6.45) is 1.50. The Kier molecular flexibility index (Phi) is 4.11. The van der Waals surface area contributed by atoms with Gasteiger partial charge in [0.2, 0.25) is 0 Å². The molecule has 1 aromatic heterocycles. The summed E-state index contributed by atoms with van der Waals surface area (Å²) in [6.45, 7) is 0. The SMILES string of the molecule is COc1ccc(F)c(NC(=O)c2ccc(Br)cn2)c1. The molecule has 0 atom stereocenters. The lowest BCUT2D eigenvalue weighted by atomic mass is 10.2. The number of pyridine rings is 1. The van der Waals surface area contributed by atoms with Crippen LogP contribution in [0, 0.1) is 5.82 Å². The molecule has 2 aromatic rings. The van der Waals surface area contributed by atoms with E-state index < -0.39 is 11.7 Å². The Labute approximate surface area is 117 Å². The lowest BCUT2D eigenvalue weighted by Gasteiger charge is -2.08. The maximum absolute atomic E-state index is 13.5. The fourth-order valence-electron chi connectivity index (χ4n) is 1.42. The van der Waals surface area contributed by atoms with Crippen LogP contribution >= 0.6 is 15.9 Å². The molecular weight excluding hydrogens is 315 g/mol. The van der Waals surface area contributed by atoms with Crippen molar-refractivity contribution in [3.63, 3.8) is 0 Å². The highest BCUT2D eigenvalue weighted by atomic mass is 79.9. The van der Waals surface area contributed by atoms with E-state index in [1.54, 1.807) is 6.07 Å². The van der Waals surface area contributed by atoms with Gasteiger partial charge in [-0.05, 0) is 40.2 Å². The Morgan fingerprint density at radius 2 is 2.16 bits per heavy atom. The summed E-state index contributed by atoms with van der Waals surface area (Å²) >= 11 is 3.22. The number of halogens is 2. The van der Waals surface area contributed by atoms with Gasteiger partial charge in [0.15, 0.2) is 0 Å². The van der Waals surface area contributed by atoms with E-state index in [1.165, 1.54) is 37.6 Å². The minimum atomic E-state index is -0.536. The number of nitrogens with zero attached hydrogens (tertiary/aromatic N) is 1. The molecule has 1 amide bonds. The summed E-state index contributed by atoms with van der Waals surface area (Å²) in [6, 6.07) is 7.33. The third-order valence-electron chi connectivity index (χ3n) is 2.38. The van der Waals surface area contributed by atoms with Crippen molar-refractivity contribution >= 4 is 27.5 Å². The van der Waals surface area contributed by atoms with E-state index in [-0.39, 0.29) is 11.4 Å². The van der Waals surface area contributed by atoms with Crippen LogP contribution in [0.3, 0.4) is 0 Å². The molecule has 1 aromatic carbocycles. The number of hydrogen-bond donors (Lipinski definition) is 1. The highest BCUT2D eigenvalue weighted by Crippen LogP contribution is 2.21. The standard InChI is InChI=1S/C13H10BrFN2O2/c1-19-9-3-4-10(15)12(6-9)17-13(18)11-5-2-8(14)7-16-11/h2-7H,1H3,(H,17,18). The van der Waals surface area contributed by atoms with Gasteiger partial charge in [0, 0.05) is 16.7 Å². The van der Waals surface area contributed by atoms with E-state index >= 15 is 0 Å². The molecule has 0 aliphatic heterocycles. The minimum Gasteiger partial charge on any atom is -0.497 e. The van der Waals surface area contributed by atoms with E-state index in [1.807, 2.05) is 0 Å². The van der Waals surface area contributed by atoms with Crippen LogP contribution in [0.2, 0.25) is 0 Å². The van der Waals surface area contributed by atoms with Crippen LogP contribution < -0.4 is 10.1 Å². The molecule has 1 heterocycles. The Hall–Kier alpha value is -1.95. The highest BCUT2D eigenvalue weighted by molar-refractivity contribution is 9.10. The molecule has 0 spiro atoms. The smallest absolute Gasteiger partial charge is 0.274 e. The van der Waals surface area contributed by atoms with Gasteiger partial charge in [-0.25, -0.2) is 9.37 Å². The molecule has 19 heavy (non-hydrogen) atoms. The third kappa shape index (κ3) is 3.29. The van der Waals surface area contributed by atoms with E-state index in [0.717, 1.165) is 4.47 Å². The number of anilines is 1. The van der Waals surface area contributed by atoms with E-state index in [2.05, 4.69) is 26.2 Å². The molecule has 0 bridgehead atoms. The van der Waals surface area contributed by atoms with Crippen molar-refractivity contribution in [2.75, 3.05) is 12.4 Å². The van der Waals surface area contributed by atoms with Crippen LogP contribution in [-0.2, 0) is 0 Å². The van der Waals surface area contributed by atoms with Crippen molar-refractivity contribution < 1.29 is 13.9 Å². The third-order valence-corrected chi connectivity index (χ3v) is 2.85. The maximum Gasteiger partial charge on any atom is 0.274 e. The number of methoxy groups -OCH3 is 1. The first kappa shape index (κ1) is 13.5. The van der Waals surface area contributed by atoms with Gasteiger partial charge in [-0.3, -0.25) is 4.79 Å². The van der Waals surface area contributed by atoms with E-state index in [0.29, 0.717) is 5.75 Å². The van der Waals surface area contributed by atoms with Gasteiger partial charge in [0.1, 0.15) is 17.3 Å². The average molecular weight is 325 g/mol.